The number of ketones is 2. The molecule has 0 saturated carbocycles. The zero-order valence-electron chi connectivity index (χ0n) is 14.2. The van der Waals surface area contributed by atoms with Crippen molar-refractivity contribution in [3.05, 3.63) is 57.6 Å². The molecule has 0 heterocycles. The second-order valence-electron chi connectivity index (χ2n) is 6.47. The Morgan fingerprint density at radius 1 is 0.893 bits per heavy atom. The van der Waals surface area contributed by atoms with Crippen LogP contribution in [0.1, 0.15) is 47.8 Å². The highest BCUT2D eigenvalue weighted by Crippen LogP contribution is 2.43. The van der Waals surface area contributed by atoms with E-state index in [-0.39, 0.29) is 27.5 Å². The molecule has 1 aliphatic carbocycles. The Morgan fingerprint density at radius 3 is 2.18 bits per heavy atom. The predicted molar refractivity (Wildman–Crippen MR) is 93.4 cm³/mol. The van der Waals surface area contributed by atoms with Crippen LogP contribution in [0.3, 0.4) is 0 Å². The van der Waals surface area contributed by atoms with E-state index >= 15 is 0 Å². The maximum atomic E-state index is 13.0. The number of carboxylic acid groups (broad SMARTS) is 1. The summed E-state index contributed by atoms with van der Waals surface area (Å²) in [5.41, 5.74) is -1.92. The Morgan fingerprint density at radius 2 is 1.54 bits per heavy atom. The lowest BCUT2D eigenvalue weighted by molar-refractivity contribution is -0.266. The molecule has 0 saturated heterocycles. The smallest absolute Gasteiger partial charge is 0.339 e. The number of carbonyl (C=O) groups excluding carboxylic acids is 2. The summed E-state index contributed by atoms with van der Waals surface area (Å²) in [7, 11) is 0. The average Bonchev–Trinajstić information content (AvgIpc) is 2.57. The van der Waals surface area contributed by atoms with E-state index in [1.165, 1.54) is 13.0 Å². The fraction of sp³-hybridized carbons (Fsp3) is 0.0500. The first-order chi connectivity index (χ1) is 13.1. The molecule has 0 aliphatic heterocycles. The number of hydrogen-bond acceptors (Lipinski definition) is 7. The molecule has 0 atom stereocenters. The molecular formula is C20H11O8-. The van der Waals surface area contributed by atoms with Gasteiger partial charge >= 0.3 is 5.97 Å². The van der Waals surface area contributed by atoms with E-state index in [2.05, 4.69) is 0 Å². The van der Waals surface area contributed by atoms with Crippen LogP contribution in [0.5, 0.6) is 23.0 Å². The van der Waals surface area contributed by atoms with Crippen molar-refractivity contribution in [2.24, 2.45) is 0 Å². The summed E-state index contributed by atoms with van der Waals surface area (Å²) in [5, 5.41) is 52.0. The van der Waals surface area contributed by atoms with Gasteiger partial charge in [0, 0.05) is 22.8 Å². The van der Waals surface area contributed by atoms with E-state index in [1.807, 2.05) is 0 Å². The Kier molecular flexibility index (Phi) is 3.38. The van der Waals surface area contributed by atoms with Crippen LogP contribution >= 0.6 is 0 Å². The highest BCUT2D eigenvalue weighted by atomic mass is 16.4. The number of fused-ring (bicyclic) bond motifs is 3. The third kappa shape index (κ3) is 2.08. The first kappa shape index (κ1) is 17.3. The summed E-state index contributed by atoms with van der Waals surface area (Å²) >= 11 is 0. The first-order valence-corrected chi connectivity index (χ1v) is 8.02. The predicted octanol–water partition coefficient (Wildman–Crippen LogP) is 1.81. The van der Waals surface area contributed by atoms with Crippen LogP contribution in [0, 0.1) is 6.92 Å². The first-order valence-electron chi connectivity index (χ1n) is 8.02. The molecule has 4 rings (SSSR count). The third-order valence-corrected chi connectivity index (χ3v) is 4.87. The van der Waals surface area contributed by atoms with Gasteiger partial charge in [0.1, 0.15) is 22.8 Å². The van der Waals surface area contributed by atoms with Crippen molar-refractivity contribution in [1.82, 2.24) is 0 Å². The fourth-order valence-corrected chi connectivity index (χ4v) is 3.69. The summed E-state index contributed by atoms with van der Waals surface area (Å²) in [5.74, 6) is -5.63. The van der Waals surface area contributed by atoms with Crippen molar-refractivity contribution in [3.8, 4) is 23.0 Å². The van der Waals surface area contributed by atoms with Gasteiger partial charge in [-0.3, -0.25) is 9.59 Å². The summed E-state index contributed by atoms with van der Waals surface area (Å²) in [6.45, 7) is 1.32. The average molecular weight is 379 g/mol. The Bertz CT molecular complexity index is 1270. The van der Waals surface area contributed by atoms with E-state index < -0.39 is 57.2 Å². The van der Waals surface area contributed by atoms with Crippen LogP contribution in [0.4, 0.5) is 0 Å². The molecule has 3 aromatic rings. The number of hydrogen-bond donors (Lipinski definition) is 4. The minimum atomic E-state index is -1.45. The molecule has 8 heteroatoms. The molecule has 0 radical (unpaired) electrons. The molecule has 28 heavy (non-hydrogen) atoms. The molecule has 0 spiro atoms. The molecule has 8 nitrogen and oxygen atoms in total. The van der Waals surface area contributed by atoms with Crippen molar-refractivity contribution >= 4 is 28.3 Å². The van der Waals surface area contributed by atoms with Gasteiger partial charge in [-0.2, -0.15) is 0 Å². The lowest BCUT2D eigenvalue weighted by Crippen LogP contribution is -2.23. The van der Waals surface area contributed by atoms with Gasteiger partial charge in [-0.05, 0) is 41.5 Å². The molecule has 3 aromatic carbocycles. The van der Waals surface area contributed by atoms with Crippen molar-refractivity contribution in [3.63, 3.8) is 0 Å². The molecule has 0 aromatic heterocycles. The van der Waals surface area contributed by atoms with Crippen LogP contribution in [-0.2, 0) is 0 Å². The van der Waals surface area contributed by atoms with Crippen LogP contribution in [0.2, 0.25) is 0 Å². The maximum Gasteiger partial charge on any atom is 0.339 e. The minimum absolute atomic E-state index is 0.0451. The molecule has 140 valence electrons. The molecule has 0 amide bonds. The zero-order valence-corrected chi connectivity index (χ0v) is 14.2. The number of rotatable bonds is 1. The SMILES string of the molecule is Cc1c(C(=O)O)c(O)cc2cc3c(c([O-])c12)C(=O)c1c(O)cc(O)cc1C3=O. The van der Waals surface area contributed by atoms with Gasteiger partial charge in [0.2, 0.25) is 0 Å². The molecule has 0 bridgehead atoms. The topological polar surface area (TPSA) is 155 Å². The van der Waals surface area contributed by atoms with E-state index in [4.69, 9.17) is 0 Å². The second kappa shape index (κ2) is 5.46. The summed E-state index contributed by atoms with van der Waals surface area (Å²) in [4.78, 5) is 37.1. The zero-order chi connectivity index (χ0) is 20.5. The number of phenols is 3. The summed E-state index contributed by atoms with van der Waals surface area (Å²) < 4.78 is 0. The van der Waals surface area contributed by atoms with Gasteiger partial charge < -0.3 is 25.5 Å². The molecule has 1 aliphatic rings. The quantitative estimate of drug-likeness (QED) is 0.390. The highest BCUT2D eigenvalue weighted by Gasteiger charge is 2.34. The number of aryl methyl sites for hydroxylation is 1. The maximum absolute atomic E-state index is 13.0. The van der Waals surface area contributed by atoms with Crippen LogP contribution in [0.25, 0.3) is 10.8 Å². The largest absolute Gasteiger partial charge is 0.872 e. The Hall–Kier alpha value is -4.07. The lowest BCUT2D eigenvalue weighted by atomic mass is 9.80. The van der Waals surface area contributed by atoms with Gasteiger partial charge in [-0.15, -0.1) is 0 Å². The Labute approximate surface area is 156 Å². The monoisotopic (exact) mass is 379 g/mol. The number of benzene rings is 3. The van der Waals surface area contributed by atoms with Crippen LogP contribution in [0.15, 0.2) is 24.3 Å². The van der Waals surface area contributed by atoms with E-state index in [9.17, 15) is 39.9 Å². The number of carboxylic acids is 1. The molecular weight excluding hydrogens is 368 g/mol. The standard InChI is InChI=1S/C20H12O8/c1-6-13-7(3-11(22)14(6)20(27)28)2-9-16(18(13)25)19(26)15-10(17(9)24)4-8(21)5-12(15)23/h2-5,21-23,25H,1H3,(H,27,28)/p-1. The van der Waals surface area contributed by atoms with E-state index in [0.717, 1.165) is 18.2 Å². The Balaban J connectivity index is 2.14. The molecule has 0 fully saturated rings. The summed E-state index contributed by atoms with van der Waals surface area (Å²) in [6.07, 6.45) is 0. The lowest BCUT2D eigenvalue weighted by Gasteiger charge is -2.26. The summed E-state index contributed by atoms with van der Waals surface area (Å²) in [6, 6.07) is 4.16. The molecule has 4 N–H and O–H groups in total. The third-order valence-electron chi connectivity index (χ3n) is 4.87. The second-order valence-corrected chi connectivity index (χ2v) is 6.47. The fourth-order valence-electron chi connectivity index (χ4n) is 3.69. The van der Waals surface area contributed by atoms with E-state index in [1.54, 1.807) is 0 Å². The van der Waals surface area contributed by atoms with Crippen molar-refractivity contribution in [2.75, 3.05) is 0 Å². The minimum Gasteiger partial charge on any atom is -0.872 e. The number of phenolic OH excluding ortho intramolecular Hbond substituents is 2. The van der Waals surface area contributed by atoms with Crippen molar-refractivity contribution in [2.45, 2.75) is 6.92 Å². The van der Waals surface area contributed by atoms with Gasteiger partial charge in [-0.25, -0.2) is 4.79 Å². The van der Waals surface area contributed by atoms with E-state index in [0.29, 0.717) is 0 Å². The van der Waals surface area contributed by atoms with Gasteiger partial charge in [0.15, 0.2) is 11.6 Å². The van der Waals surface area contributed by atoms with Gasteiger partial charge in [-0.1, -0.05) is 5.75 Å². The highest BCUT2D eigenvalue weighted by molar-refractivity contribution is 6.32. The number of aromatic hydroxyl groups is 3. The van der Waals surface area contributed by atoms with Crippen LogP contribution < -0.4 is 5.11 Å². The van der Waals surface area contributed by atoms with Crippen LogP contribution in [-0.4, -0.2) is 38.0 Å². The number of aromatic carboxylic acids is 1. The normalized spacial score (nSPS) is 12.8. The van der Waals surface area contributed by atoms with Gasteiger partial charge in [0.05, 0.1) is 5.56 Å². The van der Waals surface area contributed by atoms with Gasteiger partial charge in [0.25, 0.3) is 0 Å². The molecule has 0 unspecified atom stereocenters. The van der Waals surface area contributed by atoms with Crippen molar-refractivity contribution in [1.29, 1.82) is 0 Å². The number of carbonyl (C=O) groups is 3. The van der Waals surface area contributed by atoms with Crippen molar-refractivity contribution < 1.29 is 39.9 Å².